The minimum Gasteiger partial charge on any atom is -0.481 e. The van der Waals surface area contributed by atoms with E-state index in [1.54, 1.807) is 18.4 Å². The monoisotopic (exact) mass is 165 g/mol. The summed E-state index contributed by atoms with van der Waals surface area (Å²) < 4.78 is 6.18. The van der Waals surface area contributed by atoms with E-state index in [1.807, 2.05) is 23.6 Å². The van der Waals surface area contributed by atoms with Crippen LogP contribution in [0.2, 0.25) is 0 Å². The van der Waals surface area contributed by atoms with Crippen molar-refractivity contribution in [1.82, 2.24) is 4.98 Å². The summed E-state index contributed by atoms with van der Waals surface area (Å²) in [5, 5.41) is 2.02. The molecule has 0 aromatic carbocycles. The van der Waals surface area contributed by atoms with Crippen LogP contribution in [0.15, 0.2) is 23.6 Å². The van der Waals surface area contributed by atoms with E-state index < -0.39 is 0 Å². The van der Waals surface area contributed by atoms with Crippen LogP contribution in [0.5, 0.6) is 5.88 Å². The Hall–Kier alpha value is -1.09. The van der Waals surface area contributed by atoms with Gasteiger partial charge in [0.25, 0.3) is 0 Å². The van der Waals surface area contributed by atoms with E-state index in [-0.39, 0.29) is 0 Å². The SMILES string of the molecule is COc1ccc2sccc2n1. The number of hydrogen-bond donors (Lipinski definition) is 0. The second-order valence-electron chi connectivity index (χ2n) is 2.16. The lowest BCUT2D eigenvalue weighted by molar-refractivity contribution is 0.399. The van der Waals surface area contributed by atoms with E-state index in [9.17, 15) is 0 Å². The van der Waals surface area contributed by atoms with E-state index in [4.69, 9.17) is 4.74 Å². The summed E-state index contributed by atoms with van der Waals surface area (Å²) in [6, 6.07) is 5.88. The summed E-state index contributed by atoms with van der Waals surface area (Å²) in [5.41, 5.74) is 1.01. The van der Waals surface area contributed by atoms with Crippen molar-refractivity contribution >= 4 is 21.6 Å². The van der Waals surface area contributed by atoms with Crippen molar-refractivity contribution in [3.05, 3.63) is 23.6 Å². The fourth-order valence-electron chi connectivity index (χ4n) is 0.948. The quantitative estimate of drug-likeness (QED) is 0.646. The van der Waals surface area contributed by atoms with Gasteiger partial charge in [0.2, 0.25) is 5.88 Å². The molecule has 0 aliphatic heterocycles. The van der Waals surface area contributed by atoms with Gasteiger partial charge in [-0.1, -0.05) is 0 Å². The average Bonchev–Trinajstić information content (AvgIpc) is 2.50. The molecule has 11 heavy (non-hydrogen) atoms. The molecule has 0 atom stereocenters. The predicted molar refractivity (Wildman–Crippen MR) is 46.2 cm³/mol. The molecule has 0 saturated carbocycles. The van der Waals surface area contributed by atoms with Gasteiger partial charge in [-0.15, -0.1) is 11.3 Å². The van der Waals surface area contributed by atoms with Gasteiger partial charge in [0.05, 0.1) is 17.3 Å². The summed E-state index contributed by atoms with van der Waals surface area (Å²) in [5.74, 6) is 0.677. The van der Waals surface area contributed by atoms with Gasteiger partial charge in [0.1, 0.15) is 0 Å². The third kappa shape index (κ3) is 1.07. The Balaban J connectivity index is 2.67. The van der Waals surface area contributed by atoms with Crippen molar-refractivity contribution in [3.63, 3.8) is 0 Å². The molecule has 0 amide bonds. The maximum atomic E-state index is 4.99. The van der Waals surface area contributed by atoms with Crippen molar-refractivity contribution in [2.45, 2.75) is 0 Å². The number of thiophene rings is 1. The van der Waals surface area contributed by atoms with Gasteiger partial charge in [-0.25, -0.2) is 4.98 Å². The molecule has 2 aromatic heterocycles. The molecule has 0 saturated heterocycles. The third-order valence-corrected chi connectivity index (χ3v) is 2.36. The number of nitrogens with zero attached hydrogens (tertiary/aromatic N) is 1. The lowest BCUT2D eigenvalue weighted by Crippen LogP contribution is -1.84. The smallest absolute Gasteiger partial charge is 0.213 e. The minimum absolute atomic E-state index is 0.677. The molecule has 0 fully saturated rings. The predicted octanol–water partition coefficient (Wildman–Crippen LogP) is 2.30. The van der Waals surface area contributed by atoms with E-state index >= 15 is 0 Å². The molecule has 0 bridgehead atoms. The molecule has 3 heteroatoms. The second kappa shape index (κ2) is 2.51. The lowest BCUT2D eigenvalue weighted by atomic mass is 10.4. The summed E-state index contributed by atoms with van der Waals surface area (Å²) in [6.45, 7) is 0. The van der Waals surface area contributed by atoms with E-state index in [0.717, 1.165) is 5.52 Å². The molecule has 0 unspecified atom stereocenters. The number of aromatic nitrogens is 1. The molecular weight excluding hydrogens is 158 g/mol. The van der Waals surface area contributed by atoms with E-state index in [0.29, 0.717) is 5.88 Å². The molecule has 0 radical (unpaired) electrons. The first-order valence-corrected chi connectivity index (χ1v) is 4.16. The molecular formula is C8H7NOS. The fourth-order valence-corrected chi connectivity index (χ4v) is 1.67. The summed E-state index contributed by atoms with van der Waals surface area (Å²) in [7, 11) is 1.63. The number of pyridine rings is 1. The summed E-state index contributed by atoms with van der Waals surface area (Å²) in [6.07, 6.45) is 0. The van der Waals surface area contributed by atoms with E-state index in [1.165, 1.54) is 4.70 Å². The Morgan fingerprint density at radius 2 is 2.27 bits per heavy atom. The van der Waals surface area contributed by atoms with Crippen LogP contribution >= 0.6 is 11.3 Å². The summed E-state index contributed by atoms with van der Waals surface area (Å²) in [4.78, 5) is 4.24. The van der Waals surface area contributed by atoms with Crippen molar-refractivity contribution in [2.75, 3.05) is 7.11 Å². The van der Waals surface area contributed by atoms with Crippen LogP contribution in [0.1, 0.15) is 0 Å². The van der Waals surface area contributed by atoms with Crippen LogP contribution < -0.4 is 4.74 Å². The van der Waals surface area contributed by atoms with Crippen molar-refractivity contribution in [1.29, 1.82) is 0 Å². The number of rotatable bonds is 1. The van der Waals surface area contributed by atoms with Crippen LogP contribution in [-0.4, -0.2) is 12.1 Å². The standard InChI is InChI=1S/C8H7NOS/c1-10-8-3-2-7-6(9-8)4-5-11-7/h2-5H,1H3. The molecule has 0 aliphatic rings. The second-order valence-corrected chi connectivity index (χ2v) is 3.11. The van der Waals surface area contributed by atoms with Gasteiger partial charge >= 0.3 is 0 Å². The third-order valence-electron chi connectivity index (χ3n) is 1.49. The first-order valence-electron chi connectivity index (χ1n) is 3.28. The van der Waals surface area contributed by atoms with Gasteiger partial charge in [0, 0.05) is 6.07 Å². The zero-order chi connectivity index (χ0) is 7.68. The highest BCUT2D eigenvalue weighted by molar-refractivity contribution is 7.17. The normalized spacial score (nSPS) is 10.3. The van der Waals surface area contributed by atoms with Crippen molar-refractivity contribution in [3.8, 4) is 5.88 Å². The molecule has 2 aromatic rings. The summed E-state index contributed by atoms with van der Waals surface area (Å²) >= 11 is 1.69. The van der Waals surface area contributed by atoms with Crippen LogP contribution in [0.4, 0.5) is 0 Å². The average molecular weight is 165 g/mol. The Bertz CT molecular complexity index is 369. The Labute approximate surface area is 68.5 Å². The van der Waals surface area contributed by atoms with Gasteiger partial charge in [-0.2, -0.15) is 0 Å². The van der Waals surface area contributed by atoms with Crippen LogP contribution in [0.3, 0.4) is 0 Å². The highest BCUT2D eigenvalue weighted by Crippen LogP contribution is 2.20. The number of methoxy groups -OCH3 is 1. The van der Waals surface area contributed by atoms with Gasteiger partial charge in [0.15, 0.2) is 0 Å². The zero-order valence-electron chi connectivity index (χ0n) is 6.07. The zero-order valence-corrected chi connectivity index (χ0v) is 6.89. The Kier molecular flexibility index (Phi) is 1.51. The first kappa shape index (κ1) is 6.61. The number of hydrogen-bond acceptors (Lipinski definition) is 3. The van der Waals surface area contributed by atoms with Crippen molar-refractivity contribution < 1.29 is 4.74 Å². The Morgan fingerprint density at radius 1 is 1.36 bits per heavy atom. The largest absolute Gasteiger partial charge is 0.481 e. The van der Waals surface area contributed by atoms with Gasteiger partial charge in [-0.05, 0) is 17.5 Å². The molecule has 56 valence electrons. The lowest BCUT2D eigenvalue weighted by Gasteiger charge is -1.95. The van der Waals surface area contributed by atoms with Crippen molar-refractivity contribution in [2.24, 2.45) is 0 Å². The molecule has 0 aliphatic carbocycles. The molecule has 2 nitrogen and oxygen atoms in total. The van der Waals surface area contributed by atoms with Gasteiger partial charge < -0.3 is 4.74 Å². The highest BCUT2D eigenvalue weighted by atomic mass is 32.1. The van der Waals surface area contributed by atoms with Crippen LogP contribution in [0.25, 0.3) is 10.2 Å². The molecule has 0 N–H and O–H groups in total. The maximum Gasteiger partial charge on any atom is 0.213 e. The fraction of sp³-hybridized carbons (Fsp3) is 0.125. The van der Waals surface area contributed by atoms with Crippen LogP contribution in [-0.2, 0) is 0 Å². The van der Waals surface area contributed by atoms with E-state index in [2.05, 4.69) is 4.98 Å². The minimum atomic E-state index is 0.677. The Morgan fingerprint density at radius 3 is 3.09 bits per heavy atom. The maximum absolute atomic E-state index is 4.99. The topological polar surface area (TPSA) is 22.1 Å². The molecule has 2 heterocycles. The highest BCUT2D eigenvalue weighted by Gasteiger charge is 1.96. The molecule has 0 spiro atoms. The number of ether oxygens (including phenoxy) is 1. The van der Waals surface area contributed by atoms with Gasteiger partial charge in [-0.3, -0.25) is 0 Å². The van der Waals surface area contributed by atoms with Crippen LogP contribution in [0, 0.1) is 0 Å². The first-order chi connectivity index (χ1) is 5.40. The number of fused-ring (bicyclic) bond motifs is 1. The molecule has 2 rings (SSSR count).